The van der Waals surface area contributed by atoms with E-state index in [1.165, 1.54) is 37.2 Å². The predicted molar refractivity (Wildman–Crippen MR) is 82.8 cm³/mol. The van der Waals surface area contributed by atoms with Crippen LogP contribution in [0, 0.1) is 0 Å². The van der Waals surface area contributed by atoms with E-state index in [9.17, 15) is 0 Å². The van der Waals surface area contributed by atoms with Gasteiger partial charge in [-0.25, -0.2) is 0 Å². The lowest BCUT2D eigenvalue weighted by atomic mass is 10.0. The number of rotatable bonds is 4. The second kappa shape index (κ2) is 6.40. The molecule has 19 heavy (non-hydrogen) atoms. The van der Waals surface area contributed by atoms with Crippen LogP contribution in [-0.4, -0.2) is 45.2 Å². The molecule has 106 valence electrons. The molecule has 2 unspecified atom stereocenters. The van der Waals surface area contributed by atoms with Crippen molar-refractivity contribution < 1.29 is 0 Å². The van der Waals surface area contributed by atoms with E-state index < -0.39 is 0 Å². The summed E-state index contributed by atoms with van der Waals surface area (Å²) in [5.74, 6) is 0. The Morgan fingerprint density at radius 1 is 1.26 bits per heavy atom. The lowest BCUT2D eigenvalue weighted by Crippen LogP contribution is -2.44. The van der Waals surface area contributed by atoms with Gasteiger partial charge in [0.25, 0.3) is 0 Å². The van der Waals surface area contributed by atoms with E-state index in [-0.39, 0.29) is 0 Å². The van der Waals surface area contributed by atoms with Gasteiger partial charge < -0.3 is 15.1 Å². The molecule has 3 nitrogen and oxygen atoms in total. The van der Waals surface area contributed by atoms with Crippen LogP contribution < -0.4 is 10.2 Å². The maximum atomic E-state index is 3.76. The van der Waals surface area contributed by atoms with Crippen molar-refractivity contribution in [2.75, 3.05) is 39.1 Å². The smallest absolute Gasteiger partial charge is 0.0361 e. The van der Waals surface area contributed by atoms with Crippen molar-refractivity contribution in [2.24, 2.45) is 0 Å². The number of nitrogens with one attached hydrogen (secondary N) is 1. The summed E-state index contributed by atoms with van der Waals surface area (Å²) in [6.07, 6.45) is 2.60. The third-order valence-corrected chi connectivity index (χ3v) is 4.02. The predicted octanol–water partition coefficient (Wildman–Crippen LogP) is 2.50. The van der Waals surface area contributed by atoms with Crippen LogP contribution >= 0.6 is 0 Å². The van der Waals surface area contributed by atoms with E-state index in [1.807, 2.05) is 0 Å². The molecule has 1 heterocycles. The molecule has 1 saturated heterocycles. The second-order valence-corrected chi connectivity index (χ2v) is 5.98. The molecule has 0 radical (unpaired) electrons. The molecule has 1 aromatic carbocycles. The fourth-order valence-corrected chi connectivity index (χ4v) is 2.81. The molecular weight excluding hydrogens is 234 g/mol. The number of piperidine rings is 1. The summed E-state index contributed by atoms with van der Waals surface area (Å²) >= 11 is 0. The fraction of sp³-hybridized carbons (Fsp3) is 0.625. The van der Waals surface area contributed by atoms with Gasteiger partial charge in [0.1, 0.15) is 0 Å². The molecule has 0 bridgehead atoms. The molecule has 1 aliphatic heterocycles. The highest BCUT2D eigenvalue weighted by Crippen LogP contribution is 2.19. The monoisotopic (exact) mass is 261 g/mol. The van der Waals surface area contributed by atoms with Crippen LogP contribution in [0.15, 0.2) is 24.3 Å². The minimum absolute atomic E-state index is 0.424. The van der Waals surface area contributed by atoms with Crippen molar-refractivity contribution >= 4 is 5.69 Å². The van der Waals surface area contributed by atoms with Crippen molar-refractivity contribution in [2.45, 2.75) is 31.8 Å². The summed E-state index contributed by atoms with van der Waals surface area (Å²) in [4.78, 5) is 4.56. The Hall–Kier alpha value is -1.06. The van der Waals surface area contributed by atoms with Crippen molar-refractivity contribution in [3.63, 3.8) is 0 Å². The molecule has 3 heteroatoms. The molecule has 0 amide bonds. The Bertz CT molecular complexity index is 385. The average Bonchev–Trinajstić information content (AvgIpc) is 2.39. The highest BCUT2D eigenvalue weighted by atomic mass is 15.1. The van der Waals surface area contributed by atoms with Crippen LogP contribution in [-0.2, 0) is 0 Å². The van der Waals surface area contributed by atoms with Crippen LogP contribution in [0.5, 0.6) is 0 Å². The maximum absolute atomic E-state index is 3.76. The molecule has 1 N–H and O–H groups in total. The van der Waals surface area contributed by atoms with Crippen molar-refractivity contribution in [3.05, 3.63) is 29.8 Å². The normalized spacial score (nSPS) is 22.2. The highest BCUT2D eigenvalue weighted by Gasteiger charge is 2.19. The van der Waals surface area contributed by atoms with Gasteiger partial charge in [0.05, 0.1) is 0 Å². The van der Waals surface area contributed by atoms with Crippen LogP contribution in [0.2, 0.25) is 0 Å². The number of anilines is 1. The van der Waals surface area contributed by atoms with E-state index in [0.717, 1.165) is 0 Å². The molecule has 2 atom stereocenters. The maximum Gasteiger partial charge on any atom is 0.0361 e. The minimum atomic E-state index is 0.424. The Morgan fingerprint density at radius 3 is 2.53 bits per heavy atom. The zero-order valence-electron chi connectivity index (χ0n) is 12.7. The summed E-state index contributed by atoms with van der Waals surface area (Å²) in [5, 5.41) is 3.76. The minimum Gasteiger partial charge on any atom is -0.378 e. The number of hydrogen-bond acceptors (Lipinski definition) is 3. The quantitative estimate of drug-likeness (QED) is 0.898. The first-order valence-corrected chi connectivity index (χ1v) is 7.28. The van der Waals surface area contributed by atoms with Gasteiger partial charge in [-0.2, -0.15) is 0 Å². The zero-order chi connectivity index (χ0) is 13.8. The van der Waals surface area contributed by atoms with Gasteiger partial charge in [0.2, 0.25) is 0 Å². The second-order valence-electron chi connectivity index (χ2n) is 5.98. The largest absolute Gasteiger partial charge is 0.378 e. The molecule has 1 fully saturated rings. The van der Waals surface area contributed by atoms with Gasteiger partial charge in [0.15, 0.2) is 0 Å². The van der Waals surface area contributed by atoms with Gasteiger partial charge in [0, 0.05) is 38.4 Å². The SMILES string of the molecule is CC(NC1CCCN(C)C1)c1ccc(N(C)C)cc1. The molecule has 0 aromatic heterocycles. The first-order chi connectivity index (χ1) is 9.06. The summed E-state index contributed by atoms with van der Waals surface area (Å²) in [7, 11) is 6.37. The number of likely N-dealkylation sites (N-methyl/N-ethyl adjacent to an activating group) is 1. The van der Waals surface area contributed by atoms with E-state index in [1.54, 1.807) is 0 Å². The van der Waals surface area contributed by atoms with Crippen molar-refractivity contribution in [1.29, 1.82) is 0 Å². The Labute approximate surface area is 117 Å². The molecule has 0 saturated carbocycles. The molecule has 2 rings (SSSR count). The fourth-order valence-electron chi connectivity index (χ4n) is 2.81. The first-order valence-electron chi connectivity index (χ1n) is 7.28. The van der Waals surface area contributed by atoms with E-state index in [4.69, 9.17) is 0 Å². The lowest BCUT2D eigenvalue weighted by molar-refractivity contribution is 0.218. The third-order valence-electron chi connectivity index (χ3n) is 4.02. The summed E-state index contributed by atoms with van der Waals surface area (Å²) < 4.78 is 0. The van der Waals surface area contributed by atoms with E-state index in [2.05, 4.69) is 67.4 Å². The highest BCUT2D eigenvalue weighted by molar-refractivity contribution is 5.46. The van der Waals surface area contributed by atoms with Crippen molar-refractivity contribution in [3.8, 4) is 0 Å². The molecule has 1 aromatic rings. The number of hydrogen-bond donors (Lipinski definition) is 1. The van der Waals surface area contributed by atoms with E-state index >= 15 is 0 Å². The van der Waals surface area contributed by atoms with Crippen LogP contribution in [0.1, 0.15) is 31.4 Å². The Balaban J connectivity index is 1.93. The van der Waals surface area contributed by atoms with Gasteiger partial charge in [-0.05, 0) is 51.1 Å². The summed E-state index contributed by atoms with van der Waals surface area (Å²) in [6.45, 7) is 4.67. The first kappa shape index (κ1) is 14.4. The molecule has 0 aliphatic carbocycles. The zero-order valence-corrected chi connectivity index (χ0v) is 12.7. The van der Waals surface area contributed by atoms with Crippen LogP contribution in [0.25, 0.3) is 0 Å². The Morgan fingerprint density at radius 2 is 1.95 bits per heavy atom. The number of nitrogens with zero attached hydrogens (tertiary/aromatic N) is 2. The summed E-state index contributed by atoms with van der Waals surface area (Å²) in [6, 6.07) is 9.91. The van der Waals surface area contributed by atoms with E-state index in [0.29, 0.717) is 12.1 Å². The standard InChI is InChI=1S/C16H27N3/c1-13(17-15-6-5-11-19(4)12-15)14-7-9-16(10-8-14)18(2)3/h7-10,13,15,17H,5-6,11-12H2,1-4H3. The topological polar surface area (TPSA) is 18.5 Å². The van der Waals surface area contributed by atoms with Crippen LogP contribution in [0.4, 0.5) is 5.69 Å². The van der Waals surface area contributed by atoms with Crippen molar-refractivity contribution in [1.82, 2.24) is 10.2 Å². The summed E-state index contributed by atoms with van der Waals surface area (Å²) in [5.41, 5.74) is 2.63. The molecule has 1 aliphatic rings. The lowest BCUT2D eigenvalue weighted by Gasteiger charge is -2.32. The number of likely N-dealkylation sites (tertiary alicyclic amines) is 1. The van der Waals surface area contributed by atoms with Gasteiger partial charge in [-0.15, -0.1) is 0 Å². The molecule has 0 spiro atoms. The third kappa shape index (κ3) is 3.95. The van der Waals surface area contributed by atoms with Crippen LogP contribution in [0.3, 0.4) is 0 Å². The average molecular weight is 261 g/mol. The molecular formula is C16H27N3. The van der Waals surface area contributed by atoms with Gasteiger partial charge in [-0.1, -0.05) is 12.1 Å². The Kier molecular flexibility index (Phi) is 4.83. The van der Waals surface area contributed by atoms with Gasteiger partial charge >= 0.3 is 0 Å². The number of benzene rings is 1. The van der Waals surface area contributed by atoms with Gasteiger partial charge in [-0.3, -0.25) is 0 Å².